The summed E-state index contributed by atoms with van der Waals surface area (Å²) in [6.45, 7) is 0.304. The van der Waals surface area contributed by atoms with Gasteiger partial charge in [-0.1, -0.05) is 29.8 Å². The molecule has 0 radical (unpaired) electrons. The fourth-order valence-corrected chi connectivity index (χ4v) is 1.83. The third kappa shape index (κ3) is 3.14. The van der Waals surface area contributed by atoms with E-state index in [2.05, 4.69) is 5.32 Å². The molecule has 0 aliphatic carbocycles. The van der Waals surface area contributed by atoms with Crippen LogP contribution in [0.1, 0.15) is 5.56 Å². The van der Waals surface area contributed by atoms with Gasteiger partial charge in [0, 0.05) is 23.9 Å². The second-order valence-corrected chi connectivity index (χ2v) is 4.31. The van der Waals surface area contributed by atoms with Gasteiger partial charge in [-0.25, -0.2) is 0 Å². The highest BCUT2D eigenvalue weighted by Gasteiger charge is 2.11. The Balaban J connectivity index is 2.14. The van der Waals surface area contributed by atoms with Gasteiger partial charge in [0.05, 0.1) is 9.95 Å². The van der Waals surface area contributed by atoms with E-state index >= 15 is 0 Å². The number of nitrogens with one attached hydrogen (secondary N) is 1. The molecule has 2 rings (SSSR count). The van der Waals surface area contributed by atoms with E-state index in [0.717, 1.165) is 0 Å². The lowest BCUT2D eigenvalue weighted by molar-refractivity contribution is -0.385. The van der Waals surface area contributed by atoms with E-state index in [1.807, 2.05) is 0 Å². The van der Waals surface area contributed by atoms with Gasteiger partial charge in [0.15, 0.2) is 0 Å². The second-order valence-electron chi connectivity index (χ2n) is 3.91. The molecule has 2 aromatic rings. The van der Waals surface area contributed by atoms with Crippen molar-refractivity contribution in [3.63, 3.8) is 0 Å². The predicted molar refractivity (Wildman–Crippen MR) is 73.5 cm³/mol. The Kier molecular flexibility index (Phi) is 3.87. The van der Waals surface area contributed by atoms with Crippen LogP contribution in [0, 0.1) is 10.1 Å². The zero-order valence-corrected chi connectivity index (χ0v) is 10.6. The molecule has 2 aromatic carbocycles. The summed E-state index contributed by atoms with van der Waals surface area (Å²) < 4.78 is 0. The Morgan fingerprint density at radius 1 is 1.26 bits per heavy atom. The quantitative estimate of drug-likeness (QED) is 0.509. The zero-order chi connectivity index (χ0) is 13.8. The number of nitro benzene ring substituents is 1. The summed E-state index contributed by atoms with van der Waals surface area (Å²) in [4.78, 5) is 10.4. The van der Waals surface area contributed by atoms with Crippen LogP contribution in [0.25, 0.3) is 0 Å². The van der Waals surface area contributed by atoms with Crippen molar-refractivity contribution in [3.8, 4) is 5.75 Å². The maximum absolute atomic E-state index is 10.9. The maximum Gasteiger partial charge on any atom is 0.274 e. The third-order valence-corrected chi connectivity index (χ3v) is 2.92. The van der Waals surface area contributed by atoms with Crippen LogP contribution in [-0.4, -0.2) is 10.0 Å². The Morgan fingerprint density at radius 2 is 2.00 bits per heavy atom. The SMILES string of the molecule is O=[N+]([O-])c1ccccc1CNc1ccc(O)c(Cl)c1. The maximum atomic E-state index is 10.9. The van der Waals surface area contributed by atoms with Crippen LogP contribution < -0.4 is 5.32 Å². The van der Waals surface area contributed by atoms with Gasteiger partial charge in [0.2, 0.25) is 0 Å². The van der Waals surface area contributed by atoms with Gasteiger partial charge in [-0.15, -0.1) is 0 Å². The standard InChI is InChI=1S/C13H11ClN2O3/c14-11-7-10(5-6-13(11)17)15-8-9-3-1-2-4-12(9)16(18)19/h1-7,15,17H,8H2. The molecule has 0 bridgehead atoms. The van der Waals surface area contributed by atoms with Gasteiger partial charge in [-0.05, 0) is 18.2 Å². The number of para-hydroxylation sites is 1. The Bertz CT molecular complexity index is 617. The molecule has 6 heteroatoms. The number of nitrogens with zero attached hydrogens (tertiary/aromatic N) is 1. The lowest BCUT2D eigenvalue weighted by atomic mass is 10.2. The van der Waals surface area contributed by atoms with Crippen LogP contribution >= 0.6 is 11.6 Å². The van der Waals surface area contributed by atoms with Gasteiger partial charge in [-0.3, -0.25) is 10.1 Å². The lowest BCUT2D eigenvalue weighted by Gasteiger charge is -2.08. The predicted octanol–water partition coefficient (Wildman–Crippen LogP) is 3.57. The molecule has 0 spiro atoms. The topological polar surface area (TPSA) is 75.4 Å². The Morgan fingerprint density at radius 3 is 2.68 bits per heavy atom. The first-order valence-corrected chi connectivity index (χ1v) is 5.90. The molecule has 0 saturated heterocycles. The molecule has 0 aromatic heterocycles. The first-order chi connectivity index (χ1) is 9.08. The summed E-state index contributed by atoms with van der Waals surface area (Å²) in [5.74, 6) is -0.00194. The van der Waals surface area contributed by atoms with E-state index in [4.69, 9.17) is 11.6 Å². The van der Waals surface area contributed by atoms with Crippen LogP contribution in [0.3, 0.4) is 0 Å². The molecule has 5 nitrogen and oxygen atoms in total. The molecule has 0 heterocycles. The molecule has 0 aliphatic rings. The van der Waals surface area contributed by atoms with Crippen LogP contribution in [0.2, 0.25) is 5.02 Å². The number of hydrogen-bond acceptors (Lipinski definition) is 4. The minimum atomic E-state index is -0.416. The summed E-state index contributed by atoms with van der Waals surface area (Å²) >= 11 is 5.78. The van der Waals surface area contributed by atoms with Crippen molar-refractivity contribution in [2.45, 2.75) is 6.54 Å². The molecule has 98 valence electrons. The number of anilines is 1. The largest absolute Gasteiger partial charge is 0.506 e. The zero-order valence-electron chi connectivity index (χ0n) is 9.84. The average Bonchev–Trinajstić information content (AvgIpc) is 2.40. The van der Waals surface area contributed by atoms with Crippen molar-refractivity contribution in [1.82, 2.24) is 0 Å². The number of benzene rings is 2. The lowest BCUT2D eigenvalue weighted by Crippen LogP contribution is -2.02. The molecule has 0 amide bonds. The molecular weight excluding hydrogens is 268 g/mol. The van der Waals surface area contributed by atoms with Crippen molar-refractivity contribution in [2.75, 3.05) is 5.32 Å². The van der Waals surface area contributed by atoms with Gasteiger partial charge < -0.3 is 10.4 Å². The van der Waals surface area contributed by atoms with Crippen LogP contribution in [-0.2, 0) is 6.54 Å². The van der Waals surface area contributed by atoms with E-state index < -0.39 is 4.92 Å². The highest BCUT2D eigenvalue weighted by molar-refractivity contribution is 6.32. The molecule has 0 saturated carbocycles. The molecule has 0 aliphatic heterocycles. The Hall–Kier alpha value is -2.27. The number of hydrogen-bond donors (Lipinski definition) is 2. The highest BCUT2D eigenvalue weighted by atomic mass is 35.5. The summed E-state index contributed by atoms with van der Waals surface area (Å²) in [6.07, 6.45) is 0. The van der Waals surface area contributed by atoms with Crippen molar-refractivity contribution in [3.05, 3.63) is 63.2 Å². The van der Waals surface area contributed by atoms with Crippen molar-refractivity contribution in [1.29, 1.82) is 0 Å². The minimum absolute atomic E-state index is 0.00194. The first kappa shape index (κ1) is 13.2. The van der Waals surface area contributed by atoms with Crippen molar-refractivity contribution >= 4 is 23.0 Å². The van der Waals surface area contributed by atoms with Crippen LogP contribution in [0.15, 0.2) is 42.5 Å². The summed E-state index contributed by atoms with van der Waals surface area (Å²) in [6, 6.07) is 11.2. The number of aromatic hydroxyl groups is 1. The monoisotopic (exact) mass is 278 g/mol. The number of phenols is 1. The molecule has 0 unspecified atom stereocenters. The summed E-state index contributed by atoms with van der Waals surface area (Å²) in [5.41, 5.74) is 1.33. The van der Waals surface area contributed by atoms with Crippen molar-refractivity contribution in [2.24, 2.45) is 0 Å². The van der Waals surface area contributed by atoms with Gasteiger partial charge in [-0.2, -0.15) is 0 Å². The minimum Gasteiger partial charge on any atom is -0.506 e. The fourth-order valence-electron chi connectivity index (χ4n) is 1.65. The van der Waals surface area contributed by atoms with Crippen LogP contribution in [0.4, 0.5) is 11.4 Å². The third-order valence-electron chi connectivity index (χ3n) is 2.62. The van der Waals surface area contributed by atoms with E-state index in [9.17, 15) is 15.2 Å². The second kappa shape index (κ2) is 5.58. The summed E-state index contributed by atoms with van der Waals surface area (Å²) in [7, 11) is 0. The molecular formula is C13H11ClN2O3. The van der Waals surface area contributed by atoms with Gasteiger partial charge in [0.1, 0.15) is 5.75 Å². The number of rotatable bonds is 4. The van der Waals surface area contributed by atoms with E-state index in [-0.39, 0.29) is 16.5 Å². The average molecular weight is 279 g/mol. The molecule has 0 fully saturated rings. The van der Waals surface area contributed by atoms with E-state index in [0.29, 0.717) is 17.8 Å². The van der Waals surface area contributed by atoms with Crippen LogP contribution in [0.5, 0.6) is 5.75 Å². The fraction of sp³-hybridized carbons (Fsp3) is 0.0769. The molecule has 19 heavy (non-hydrogen) atoms. The highest BCUT2D eigenvalue weighted by Crippen LogP contribution is 2.27. The Labute approximate surface area is 114 Å². The van der Waals surface area contributed by atoms with Gasteiger partial charge >= 0.3 is 0 Å². The molecule has 0 atom stereocenters. The number of phenolic OH excluding ortho intramolecular Hbond substituents is 1. The molecule has 2 N–H and O–H groups in total. The first-order valence-electron chi connectivity index (χ1n) is 5.52. The summed E-state index contributed by atoms with van der Waals surface area (Å²) in [5, 5.41) is 23.4. The number of nitro groups is 1. The van der Waals surface area contributed by atoms with E-state index in [1.165, 1.54) is 12.1 Å². The normalized spacial score (nSPS) is 10.2. The van der Waals surface area contributed by atoms with E-state index in [1.54, 1.807) is 30.3 Å². The smallest absolute Gasteiger partial charge is 0.274 e. The van der Waals surface area contributed by atoms with Crippen molar-refractivity contribution < 1.29 is 10.0 Å². The van der Waals surface area contributed by atoms with Gasteiger partial charge in [0.25, 0.3) is 5.69 Å². The number of halogens is 1.